The van der Waals surface area contributed by atoms with Crippen LogP contribution < -0.4 is 5.32 Å². The Labute approximate surface area is 115 Å². The molecule has 0 spiro atoms. The van der Waals surface area contributed by atoms with Crippen molar-refractivity contribution in [3.05, 3.63) is 24.5 Å². The molecule has 0 saturated carbocycles. The number of hydrogen-bond acceptors (Lipinski definition) is 3. The van der Waals surface area contributed by atoms with Crippen molar-refractivity contribution in [3.8, 4) is 0 Å². The highest BCUT2D eigenvalue weighted by Crippen LogP contribution is 2.32. The summed E-state index contributed by atoms with van der Waals surface area (Å²) in [6.45, 7) is 4.63. The first-order chi connectivity index (χ1) is 9.26. The minimum absolute atomic E-state index is 0.665. The lowest BCUT2D eigenvalue weighted by Crippen LogP contribution is -2.54. The lowest BCUT2D eigenvalue weighted by molar-refractivity contribution is 0.0482. The average molecular weight is 260 g/mol. The van der Waals surface area contributed by atoms with Crippen LogP contribution in [0.4, 0.5) is 0 Å². The molecule has 2 saturated heterocycles. The summed E-state index contributed by atoms with van der Waals surface area (Å²) in [7, 11) is 2.30. The zero-order chi connectivity index (χ0) is 13.2. The minimum atomic E-state index is 0.665. The van der Waals surface area contributed by atoms with Crippen molar-refractivity contribution in [3.63, 3.8) is 0 Å². The third-order valence-corrected chi connectivity index (χ3v) is 4.78. The molecule has 0 aromatic carbocycles. The zero-order valence-electron chi connectivity index (χ0n) is 11.8. The molecule has 1 aromatic rings. The van der Waals surface area contributed by atoms with Crippen LogP contribution in [0.15, 0.2) is 19.0 Å². The number of hydrogen-bond donors (Lipinski definition) is 1. The Morgan fingerprint density at radius 3 is 2.79 bits per heavy atom. The lowest BCUT2D eigenvalue weighted by atomic mass is 9.82. The van der Waals surface area contributed by atoms with Crippen LogP contribution in [-0.2, 0) is 6.54 Å². The van der Waals surface area contributed by atoms with Gasteiger partial charge in [-0.25, -0.2) is 4.68 Å². The maximum absolute atomic E-state index is 4.22. The molecular formula is C15H24N4. The summed E-state index contributed by atoms with van der Waals surface area (Å²) >= 11 is 0. The number of aromatic nitrogens is 2. The molecule has 19 heavy (non-hydrogen) atoms. The molecule has 0 radical (unpaired) electrons. The lowest BCUT2D eigenvalue weighted by Gasteiger charge is -2.47. The molecule has 4 nitrogen and oxygen atoms in total. The van der Waals surface area contributed by atoms with Crippen molar-refractivity contribution < 1.29 is 0 Å². The molecule has 2 bridgehead atoms. The van der Waals surface area contributed by atoms with Crippen molar-refractivity contribution in [1.29, 1.82) is 0 Å². The largest absolute Gasteiger partial charge is 0.310 e. The summed E-state index contributed by atoms with van der Waals surface area (Å²) in [6.07, 6.45) is 12.4. The van der Waals surface area contributed by atoms with Gasteiger partial charge in [0.2, 0.25) is 0 Å². The first-order valence-corrected chi connectivity index (χ1v) is 7.37. The van der Waals surface area contributed by atoms with E-state index in [-0.39, 0.29) is 0 Å². The van der Waals surface area contributed by atoms with Gasteiger partial charge in [-0.15, -0.1) is 0 Å². The van der Waals surface area contributed by atoms with Crippen molar-refractivity contribution in [2.45, 2.75) is 56.8 Å². The molecule has 2 fully saturated rings. The van der Waals surface area contributed by atoms with E-state index in [0.717, 1.165) is 18.6 Å². The monoisotopic (exact) mass is 260 g/mol. The van der Waals surface area contributed by atoms with Gasteiger partial charge >= 0.3 is 0 Å². The van der Waals surface area contributed by atoms with Gasteiger partial charge in [-0.1, -0.05) is 13.0 Å². The number of nitrogens with zero attached hydrogens (tertiary/aromatic N) is 3. The van der Waals surface area contributed by atoms with E-state index in [2.05, 4.69) is 28.9 Å². The van der Waals surface area contributed by atoms with Gasteiger partial charge in [0.1, 0.15) is 0 Å². The summed E-state index contributed by atoms with van der Waals surface area (Å²) in [5.74, 6) is 0. The molecule has 2 unspecified atom stereocenters. The van der Waals surface area contributed by atoms with E-state index in [1.807, 2.05) is 12.4 Å². The maximum atomic E-state index is 4.22. The SMILES string of the molecule is C=Cn1cc(CNC2CC3CCCC(C2)N3C)cn1. The molecule has 104 valence electrons. The summed E-state index contributed by atoms with van der Waals surface area (Å²) < 4.78 is 1.76. The fourth-order valence-electron chi connectivity index (χ4n) is 3.61. The second-order valence-electron chi connectivity index (χ2n) is 5.96. The molecule has 2 atom stereocenters. The van der Waals surface area contributed by atoms with Gasteiger partial charge in [-0.2, -0.15) is 5.10 Å². The molecular weight excluding hydrogens is 236 g/mol. The molecule has 2 aliphatic heterocycles. The Kier molecular flexibility index (Phi) is 3.71. The molecule has 1 N–H and O–H groups in total. The van der Waals surface area contributed by atoms with Crippen LogP contribution in [0.3, 0.4) is 0 Å². The second kappa shape index (κ2) is 5.47. The Balaban J connectivity index is 1.54. The molecule has 2 aliphatic rings. The average Bonchev–Trinajstić information content (AvgIpc) is 2.85. The molecule has 1 aromatic heterocycles. The molecule has 4 heteroatoms. The van der Waals surface area contributed by atoms with Crippen LogP contribution in [0.25, 0.3) is 6.20 Å². The predicted molar refractivity (Wildman–Crippen MR) is 77.7 cm³/mol. The predicted octanol–water partition coefficient (Wildman–Crippen LogP) is 2.09. The third-order valence-electron chi connectivity index (χ3n) is 4.78. The van der Waals surface area contributed by atoms with Crippen molar-refractivity contribution in [2.24, 2.45) is 0 Å². The van der Waals surface area contributed by atoms with Crippen LogP contribution in [0, 0.1) is 0 Å². The fourth-order valence-corrected chi connectivity index (χ4v) is 3.61. The van der Waals surface area contributed by atoms with Crippen molar-refractivity contribution >= 4 is 6.20 Å². The fraction of sp³-hybridized carbons (Fsp3) is 0.667. The Morgan fingerprint density at radius 2 is 2.16 bits per heavy atom. The van der Waals surface area contributed by atoms with E-state index in [1.54, 1.807) is 10.9 Å². The second-order valence-corrected chi connectivity index (χ2v) is 5.96. The number of nitrogens with one attached hydrogen (secondary N) is 1. The molecule has 0 aliphatic carbocycles. The topological polar surface area (TPSA) is 33.1 Å². The van der Waals surface area contributed by atoms with Crippen LogP contribution in [0.1, 0.15) is 37.7 Å². The van der Waals surface area contributed by atoms with E-state index >= 15 is 0 Å². The number of fused-ring (bicyclic) bond motifs is 2. The van der Waals surface area contributed by atoms with Gasteiger partial charge in [0.05, 0.1) is 6.20 Å². The molecule has 0 amide bonds. The van der Waals surface area contributed by atoms with E-state index in [0.29, 0.717) is 6.04 Å². The van der Waals surface area contributed by atoms with Gasteiger partial charge in [0.15, 0.2) is 0 Å². The van der Waals surface area contributed by atoms with E-state index < -0.39 is 0 Å². The van der Waals surface area contributed by atoms with E-state index in [9.17, 15) is 0 Å². The van der Waals surface area contributed by atoms with Gasteiger partial charge < -0.3 is 10.2 Å². The Bertz CT molecular complexity index is 425. The summed E-state index contributed by atoms with van der Waals surface area (Å²) in [6, 6.07) is 2.25. The summed E-state index contributed by atoms with van der Waals surface area (Å²) in [4.78, 5) is 2.61. The van der Waals surface area contributed by atoms with Crippen molar-refractivity contribution in [2.75, 3.05) is 7.05 Å². The van der Waals surface area contributed by atoms with Crippen LogP contribution in [0.5, 0.6) is 0 Å². The molecule has 3 heterocycles. The van der Waals surface area contributed by atoms with Gasteiger partial charge in [-0.3, -0.25) is 0 Å². The maximum Gasteiger partial charge on any atom is 0.0538 e. The van der Waals surface area contributed by atoms with Crippen LogP contribution in [-0.4, -0.2) is 39.9 Å². The standard InChI is InChI=1S/C15H24N4/c1-3-19-11-12(10-17-19)9-16-13-7-14-5-4-6-15(8-13)18(14)2/h3,10-11,13-16H,1,4-9H2,2H3. The highest BCUT2D eigenvalue weighted by atomic mass is 15.2. The first kappa shape index (κ1) is 12.9. The first-order valence-electron chi connectivity index (χ1n) is 7.37. The summed E-state index contributed by atoms with van der Waals surface area (Å²) in [5, 5.41) is 7.93. The highest BCUT2D eigenvalue weighted by molar-refractivity contribution is 5.17. The Morgan fingerprint density at radius 1 is 1.42 bits per heavy atom. The van der Waals surface area contributed by atoms with Gasteiger partial charge in [0.25, 0.3) is 0 Å². The summed E-state index contributed by atoms with van der Waals surface area (Å²) in [5.41, 5.74) is 1.24. The van der Waals surface area contributed by atoms with Crippen LogP contribution >= 0.6 is 0 Å². The number of piperidine rings is 2. The third kappa shape index (κ3) is 2.74. The normalized spacial score (nSPS) is 31.3. The van der Waals surface area contributed by atoms with E-state index in [1.165, 1.54) is 37.7 Å². The quantitative estimate of drug-likeness (QED) is 0.900. The highest BCUT2D eigenvalue weighted by Gasteiger charge is 2.35. The zero-order valence-corrected chi connectivity index (χ0v) is 11.8. The van der Waals surface area contributed by atoms with E-state index in [4.69, 9.17) is 0 Å². The smallest absolute Gasteiger partial charge is 0.0538 e. The van der Waals surface area contributed by atoms with Crippen LogP contribution in [0.2, 0.25) is 0 Å². The minimum Gasteiger partial charge on any atom is -0.310 e. The van der Waals surface area contributed by atoms with Gasteiger partial charge in [-0.05, 0) is 32.7 Å². The molecule has 3 rings (SSSR count). The van der Waals surface area contributed by atoms with Crippen molar-refractivity contribution in [1.82, 2.24) is 20.0 Å². The van der Waals surface area contributed by atoms with Gasteiger partial charge in [0, 0.05) is 42.6 Å². The Hall–Kier alpha value is -1.13. The number of rotatable bonds is 4.